The maximum absolute atomic E-state index is 12.5. The number of nitrogens with one attached hydrogen (secondary N) is 2. The van der Waals surface area contributed by atoms with E-state index in [1.54, 1.807) is 7.05 Å². The summed E-state index contributed by atoms with van der Waals surface area (Å²) in [5.41, 5.74) is 0.968. The van der Waals surface area contributed by atoms with E-state index in [2.05, 4.69) is 10.6 Å². The Morgan fingerprint density at radius 2 is 1.80 bits per heavy atom. The first-order chi connectivity index (χ1) is 11.8. The molecule has 3 amide bonds. The Bertz CT molecular complexity index is 575. The van der Waals surface area contributed by atoms with Gasteiger partial charge in [0.25, 0.3) is 0 Å². The molecule has 1 aromatic carbocycles. The van der Waals surface area contributed by atoms with Crippen molar-refractivity contribution in [3.05, 3.63) is 35.9 Å². The van der Waals surface area contributed by atoms with Gasteiger partial charge in [0.2, 0.25) is 5.91 Å². The van der Waals surface area contributed by atoms with Crippen LogP contribution in [0.4, 0.5) is 4.79 Å². The highest BCUT2D eigenvalue weighted by Crippen LogP contribution is 2.07. The van der Waals surface area contributed by atoms with Gasteiger partial charge in [-0.25, -0.2) is 4.79 Å². The predicted molar refractivity (Wildman–Crippen MR) is 94.9 cm³/mol. The molecule has 0 heterocycles. The van der Waals surface area contributed by atoms with Gasteiger partial charge in [0.15, 0.2) is 0 Å². The predicted octanol–water partition coefficient (Wildman–Crippen LogP) is 1.83. The van der Waals surface area contributed by atoms with Crippen LogP contribution in [-0.4, -0.2) is 47.5 Å². The average molecular weight is 349 g/mol. The lowest BCUT2D eigenvalue weighted by Gasteiger charge is -2.27. The van der Waals surface area contributed by atoms with Crippen molar-refractivity contribution in [2.45, 2.75) is 39.3 Å². The molecule has 1 aromatic rings. The van der Waals surface area contributed by atoms with E-state index < -0.39 is 18.0 Å². The summed E-state index contributed by atoms with van der Waals surface area (Å²) in [6.07, 6.45) is 0.386. The fraction of sp³-hybridized carbons (Fsp3) is 0.500. The van der Waals surface area contributed by atoms with E-state index >= 15 is 0 Å². The average Bonchev–Trinajstić information content (AvgIpc) is 2.57. The summed E-state index contributed by atoms with van der Waals surface area (Å²) in [4.78, 5) is 36.6. The Labute approximate surface area is 148 Å². The van der Waals surface area contributed by atoms with E-state index in [-0.39, 0.29) is 18.2 Å². The first-order valence-electron chi connectivity index (χ1n) is 8.36. The van der Waals surface area contributed by atoms with Crippen molar-refractivity contribution < 1.29 is 19.5 Å². The Morgan fingerprint density at radius 3 is 2.36 bits per heavy atom. The molecule has 0 saturated carbocycles. The van der Waals surface area contributed by atoms with Crippen molar-refractivity contribution >= 4 is 17.9 Å². The zero-order valence-corrected chi connectivity index (χ0v) is 15.0. The number of amides is 3. The molecule has 0 saturated heterocycles. The summed E-state index contributed by atoms with van der Waals surface area (Å²) in [5.74, 6) is -1.20. The zero-order chi connectivity index (χ0) is 18.8. The third-order valence-electron chi connectivity index (χ3n) is 3.78. The molecular weight excluding hydrogens is 322 g/mol. The van der Waals surface area contributed by atoms with E-state index in [4.69, 9.17) is 5.11 Å². The molecule has 0 bridgehead atoms. The van der Waals surface area contributed by atoms with Crippen LogP contribution < -0.4 is 10.6 Å². The molecule has 0 radical (unpaired) electrons. The number of hydrogen-bond donors (Lipinski definition) is 3. The zero-order valence-electron chi connectivity index (χ0n) is 15.0. The van der Waals surface area contributed by atoms with Crippen molar-refractivity contribution in [2.75, 3.05) is 13.6 Å². The molecule has 0 spiro atoms. The first kappa shape index (κ1) is 20.5. The van der Waals surface area contributed by atoms with Gasteiger partial charge in [-0.1, -0.05) is 44.2 Å². The highest BCUT2D eigenvalue weighted by atomic mass is 16.4. The quantitative estimate of drug-likeness (QED) is 0.633. The molecule has 0 aromatic heterocycles. The van der Waals surface area contributed by atoms with E-state index in [0.717, 1.165) is 5.56 Å². The SMILES string of the molecule is CC(C)C(NC(=O)NCc1ccccc1)C(=O)N(C)CCCC(=O)O. The fourth-order valence-corrected chi connectivity index (χ4v) is 2.30. The molecule has 0 aliphatic heterocycles. The third-order valence-corrected chi connectivity index (χ3v) is 3.78. The maximum atomic E-state index is 12.5. The molecule has 0 aliphatic rings. The summed E-state index contributed by atoms with van der Waals surface area (Å²) in [7, 11) is 1.61. The number of hydrogen-bond acceptors (Lipinski definition) is 3. The second-order valence-corrected chi connectivity index (χ2v) is 6.29. The van der Waals surface area contributed by atoms with Gasteiger partial charge in [-0.3, -0.25) is 9.59 Å². The number of urea groups is 1. The van der Waals surface area contributed by atoms with Crippen LogP contribution in [0.15, 0.2) is 30.3 Å². The highest BCUT2D eigenvalue weighted by Gasteiger charge is 2.26. The van der Waals surface area contributed by atoms with E-state index in [1.165, 1.54) is 4.90 Å². The van der Waals surface area contributed by atoms with E-state index in [9.17, 15) is 14.4 Å². The molecule has 3 N–H and O–H groups in total. The molecule has 1 unspecified atom stereocenters. The molecule has 1 atom stereocenters. The van der Waals surface area contributed by atoms with Crippen LogP contribution in [0.2, 0.25) is 0 Å². The van der Waals surface area contributed by atoms with Gasteiger partial charge in [0.05, 0.1) is 0 Å². The van der Waals surface area contributed by atoms with Gasteiger partial charge in [0, 0.05) is 26.6 Å². The van der Waals surface area contributed by atoms with Gasteiger partial charge >= 0.3 is 12.0 Å². The number of carbonyl (C=O) groups excluding carboxylic acids is 2. The topological polar surface area (TPSA) is 98.7 Å². The molecule has 0 aliphatic carbocycles. The van der Waals surface area contributed by atoms with Gasteiger partial charge in [-0.05, 0) is 17.9 Å². The number of carboxylic acid groups (broad SMARTS) is 1. The summed E-state index contributed by atoms with van der Waals surface area (Å²) in [6.45, 7) is 4.41. The molecule has 1 rings (SSSR count). The summed E-state index contributed by atoms with van der Waals surface area (Å²) in [6, 6.07) is 8.42. The van der Waals surface area contributed by atoms with Crippen LogP contribution in [0, 0.1) is 5.92 Å². The number of aliphatic carboxylic acids is 1. The smallest absolute Gasteiger partial charge is 0.315 e. The van der Waals surface area contributed by atoms with Crippen LogP contribution in [0.3, 0.4) is 0 Å². The number of carbonyl (C=O) groups is 3. The maximum Gasteiger partial charge on any atom is 0.315 e. The van der Waals surface area contributed by atoms with Crippen LogP contribution in [0.5, 0.6) is 0 Å². The van der Waals surface area contributed by atoms with Gasteiger partial charge < -0.3 is 20.6 Å². The minimum Gasteiger partial charge on any atom is -0.481 e. The fourth-order valence-electron chi connectivity index (χ4n) is 2.30. The van der Waals surface area contributed by atoms with Gasteiger partial charge in [-0.15, -0.1) is 0 Å². The minimum absolute atomic E-state index is 0.00888. The molecule has 7 heteroatoms. The number of carboxylic acids is 1. The number of rotatable bonds is 9. The Morgan fingerprint density at radius 1 is 1.16 bits per heavy atom. The number of benzene rings is 1. The highest BCUT2D eigenvalue weighted by molar-refractivity contribution is 5.87. The number of likely N-dealkylation sites (N-methyl/N-ethyl adjacent to an activating group) is 1. The lowest BCUT2D eigenvalue weighted by molar-refractivity contribution is -0.138. The van der Waals surface area contributed by atoms with E-state index in [1.807, 2.05) is 44.2 Å². The monoisotopic (exact) mass is 349 g/mol. The Balaban J connectivity index is 2.52. The van der Waals surface area contributed by atoms with Crippen molar-refractivity contribution in [1.29, 1.82) is 0 Å². The van der Waals surface area contributed by atoms with Gasteiger partial charge in [0.1, 0.15) is 6.04 Å². The second kappa shape index (κ2) is 10.3. The second-order valence-electron chi connectivity index (χ2n) is 6.29. The standard InChI is InChI=1S/C18H27N3O4/c1-13(2)16(17(24)21(3)11-7-10-15(22)23)20-18(25)19-12-14-8-5-4-6-9-14/h4-6,8-9,13,16H,7,10-12H2,1-3H3,(H,22,23)(H2,19,20,25). The van der Waals surface area contributed by atoms with Gasteiger partial charge in [-0.2, -0.15) is 0 Å². The largest absolute Gasteiger partial charge is 0.481 e. The molecule has 7 nitrogen and oxygen atoms in total. The summed E-state index contributed by atoms with van der Waals surface area (Å²) < 4.78 is 0. The summed E-state index contributed by atoms with van der Waals surface area (Å²) >= 11 is 0. The van der Waals surface area contributed by atoms with Crippen molar-refractivity contribution in [3.8, 4) is 0 Å². The van der Waals surface area contributed by atoms with Crippen LogP contribution in [0.1, 0.15) is 32.3 Å². The molecule has 0 fully saturated rings. The first-order valence-corrected chi connectivity index (χ1v) is 8.36. The van der Waals surface area contributed by atoms with Crippen LogP contribution >= 0.6 is 0 Å². The van der Waals surface area contributed by atoms with Crippen molar-refractivity contribution in [3.63, 3.8) is 0 Å². The lowest BCUT2D eigenvalue weighted by atomic mass is 10.0. The third kappa shape index (κ3) is 7.69. The Hall–Kier alpha value is -2.57. The van der Waals surface area contributed by atoms with E-state index in [0.29, 0.717) is 19.5 Å². The van der Waals surface area contributed by atoms with Crippen molar-refractivity contribution in [2.24, 2.45) is 5.92 Å². The molecule has 25 heavy (non-hydrogen) atoms. The van der Waals surface area contributed by atoms with Crippen LogP contribution in [-0.2, 0) is 16.1 Å². The molecule has 138 valence electrons. The lowest BCUT2D eigenvalue weighted by Crippen LogP contribution is -2.52. The normalized spacial score (nSPS) is 11.7. The minimum atomic E-state index is -0.889. The number of nitrogens with zero attached hydrogens (tertiary/aromatic N) is 1. The molecular formula is C18H27N3O4. The summed E-state index contributed by atoms with van der Waals surface area (Å²) in [5, 5.41) is 14.1. The Kier molecular flexibility index (Phi) is 8.46. The van der Waals surface area contributed by atoms with Crippen molar-refractivity contribution in [1.82, 2.24) is 15.5 Å². The van der Waals surface area contributed by atoms with Crippen LogP contribution in [0.25, 0.3) is 0 Å².